The molecule has 0 bridgehead atoms. The van der Waals surface area contributed by atoms with Crippen LogP contribution in [0.25, 0.3) is 11.1 Å². The third-order valence-corrected chi connectivity index (χ3v) is 12.8. The van der Waals surface area contributed by atoms with Gasteiger partial charge in [0, 0.05) is 63.6 Å². The monoisotopic (exact) mass is 1050 g/mol. The first kappa shape index (κ1) is 58.9. The summed E-state index contributed by atoms with van der Waals surface area (Å²) in [5, 5.41) is 5.50. The van der Waals surface area contributed by atoms with E-state index in [0.717, 1.165) is 30.0 Å². The maximum absolute atomic E-state index is 15.4. The molecule has 0 saturated carbocycles. The number of amides is 4. The molecule has 0 unspecified atom stereocenters. The zero-order chi connectivity index (χ0) is 55.3. The van der Waals surface area contributed by atoms with Crippen LogP contribution in [0.4, 0.5) is 13.6 Å². The Labute approximate surface area is 426 Å². The summed E-state index contributed by atoms with van der Waals surface area (Å²) in [6.45, 7) is 19.9. The van der Waals surface area contributed by atoms with Gasteiger partial charge in [-0.2, -0.15) is 8.42 Å². The molecule has 3 atom stereocenters. The quantitative estimate of drug-likeness (QED) is 0.0341. The second kappa shape index (κ2) is 25.8. The number of esters is 2. The van der Waals surface area contributed by atoms with E-state index in [0.29, 0.717) is 17.0 Å². The van der Waals surface area contributed by atoms with Crippen LogP contribution in [0, 0.1) is 17.0 Å². The first-order valence-electron chi connectivity index (χ1n) is 24.3. The van der Waals surface area contributed by atoms with Crippen molar-refractivity contribution < 1.29 is 65.8 Å². The van der Waals surface area contributed by atoms with E-state index < -0.39 is 126 Å². The maximum atomic E-state index is 15.4. The van der Waals surface area contributed by atoms with Gasteiger partial charge in [-0.05, 0) is 95.7 Å². The van der Waals surface area contributed by atoms with Crippen molar-refractivity contribution in [1.82, 2.24) is 25.4 Å². The number of carbonyl (C=O) groups excluding carboxylic acids is 6. The Balaban J connectivity index is 2.07. The fourth-order valence-corrected chi connectivity index (χ4v) is 8.36. The molecule has 400 valence electrons. The highest BCUT2D eigenvalue weighted by molar-refractivity contribution is 7.86. The normalized spacial score (nSPS) is 13.7. The summed E-state index contributed by atoms with van der Waals surface area (Å²) in [4.78, 5) is 82.6. The highest BCUT2D eigenvalue weighted by Crippen LogP contribution is 2.41. The standard InChI is InChI=1S/C51H75F2N5O12SSi/c1-49(2,3)45(41-29-35(37-30-36(52)19-20-38(37)53)32-57(41)31-34-17-15-14-16-18-34)58(43(60)33-68-71(10,65)66)26-24-39(56-48(64)67-27-28-72(11,12)13)46(62)54-25-23-42(59)55-40(47(63)70-51(7,8)9)21-22-44(61)69-50(4,5)6/h14-20,29-30,32,39-40,45H,21-28,31,33H2,1-13H3,(H,54,62)(H,55,59)(H,56,64)/t39-,40-,45-/m0/s1/i/hD. The third kappa shape index (κ3) is 22.0. The van der Waals surface area contributed by atoms with E-state index >= 15 is 4.39 Å². The van der Waals surface area contributed by atoms with Crippen molar-refractivity contribution in [2.45, 2.75) is 150 Å². The molecule has 21 heteroatoms. The average Bonchev–Trinajstić information content (AvgIpc) is 3.64. The summed E-state index contributed by atoms with van der Waals surface area (Å²) in [6.07, 6.45) is 0.0603. The van der Waals surface area contributed by atoms with E-state index in [-0.39, 0.29) is 43.7 Å². The lowest BCUT2D eigenvalue weighted by molar-refractivity contribution is -0.160. The predicted octanol–water partition coefficient (Wildman–Crippen LogP) is 7.65. The summed E-state index contributed by atoms with van der Waals surface area (Å²) < 4.78 is 86.5. The fourth-order valence-electron chi connectivity index (χ4n) is 7.33. The molecular weight excluding hydrogens is 973 g/mol. The second-order valence-corrected chi connectivity index (χ2v) is 29.2. The number of rotatable bonds is 24. The Morgan fingerprint density at radius 1 is 0.833 bits per heavy atom. The Bertz CT molecular complexity index is 2500. The van der Waals surface area contributed by atoms with Crippen LogP contribution in [0.1, 0.15) is 105 Å². The molecule has 0 aliphatic rings. The number of hydrogen-bond acceptors (Lipinski definition) is 12. The number of hydrogen-bond donors (Lipinski definition) is 3. The Morgan fingerprint density at radius 2 is 1.47 bits per heavy atom. The minimum absolute atomic E-state index is 0.0200. The molecule has 1 heterocycles. The smallest absolute Gasteiger partial charge is 0.407 e. The molecule has 0 fully saturated rings. The molecule has 3 aromatic rings. The molecule has 3 rings (SSSR count). The maximum Gasteiger partial charge on any atom is 0.407 e. The first-order chi connectivity index (χ1) is 33.5. The van der Waals surface area contributed by atoms with Crippen LogP contribution in [-0.4, -0.2) is 118 Å². The highest BCUT2D eigenvalue weighted by Gasteiger charge is 2.39. The fraction of sp³-hybridized carbons (Fsp3) is 0.569. The van der Waals surface area contributed by atoms with Gasteiger partial charge in [0.05, 0.1) is 18.9 Å². The van der Waals surface area contributed by atoms with Gasteiger partial charge in [0.2, 0.25) is 11.8 Å². The number of nitrogens with one attached hydrogen (secondary N) is 3. The van der Waals surface area contributed by atoms with Gasteiger partial charge in [0.25, 0.3) is 16.0 Å². The lowest BCUT2D eigenvalue weighted by atomic mass is 9.82. The van der Waals surface area contributed by atoms with Crippen LogP contribution in [0.15, 0.2) is 60.8 Å². The van der Waals surface area contributed by atoms with E-state index in [1.165, 1.54) is 4.90 Å². The van der Waals surface area contributed by atoms with Crippen LogP contribution >= 0.6 is 0 Å². The van der Waals surface area contributed by atoms with Crippen molar-refractivity contribution >= 4 is 53.9 Å². The van der Waals surface area contributed by atoms with Gasteiger partial charge in [0.1, 0.15) is 41.5 Å². The molecule has 17 nitrogen and oxygen atoms in total. The highest BCUT2D eigenvalue weighted by atomic mass is 32.2. The zero-order valence-electron chi connectivity index (χ0n) is 45.0. The number of benzene rings is 2. The zero-order valence-corrected chi connectivity index (χ0v) is 45.8. The number of ether oxygens (including phenoxy) is 3. The summed E-state index contributed by atoms with van der Waals surface area (Å²) in [5.74, 6) is -5.49. The van der Waals surface area contributed by atoms with E-state index in [9.17, 15) is 41.6 Å². The average molecular weight is 1050 g/mol. The summed E-state index contributed by atoms with van der Waals surface area (Å²) in [5.41, 5.74) is -1.25. The summed E-state index contributed by atoms with van der Waals surface area (Å²) in [7, 11) is -5.87. The second-order valence-electron chi connectivity index (χ2n) is 21.9. The number of nitrogens with zero attached hydrogens (tertiary/aromatic N) is 2. The molecular formula is C51H75F2N5O12SSi. The van der Waals surface area contributed by atoms with Gasteiger partial charge in [-0.15, -0.1) is 0 Å². The van der Waals surface area contributed by atoms with Crippen LogP contribution in [0.5, 0.6) is 0 Å². The van der Waals surface area contributed by atoms with E-state index in [4.69, 9.17) is 19.8 Å². The topological polar surface area (TPSA) is 218 Å². The first-order valence-corrected chi connectivity index (χ1v) is 29.3. The molecule has 0 radical (unpaired) electrons. The lowest BCUT2D eigenvalue weighted by Gasteiger charge is -2.41. The van der Waals surface area contributed by atoms with Crippen LogP contribution in [0.3, 0.4) is 0 Å². The van der Waals surface area contributed by atoms with E-state index in [2.05, 4.69) is 30.3 Å². The van der Waals surface area contributed by atoms with Gasteiger partial charge in [-0.3, -0.25) is 23.4 Å². The molecule has 3 N–H and O–H groups in total. The molecule has 0 aliphatic heterocycles. The Morgan fingerprint density at radius 3 is 2.06 bits per heavy atom. The van der Waals surface area contributed by atoms with Crippen LogP contribution in [-0.2, 0) is 59.0 Å². The van der Waals surface area contributed by atoms with Crippen molar-refractivity contribution in [3.05, 3.63) is 83.7 Å². The van der Waals surface area contributed by atoms with Crippen molar-refractivity contribution in [3.63, 3.8) is 0 Å². The van der Waals surface area contributed by atoms with Gasteiger partial charge in [-0.25, -0.2) is 18.4 Å². The number of aromatic nitrogens is 1. The SMILES string of the molecule is [2H]N(CCC(=O)N[C@@H](CCC(=O)OC(C)(C)C)C(=O)OC(C)(C)C)C(=O)[C@H](CCN(C(=O)COS(C)(=O)=O)[C@@H](c1cc(-c2cc(F)ccc2F)cn1Cc1ccccc1)C(C)(C)C)NC(=O)OCC[Si](C)(C)C. The van der Waals surface area contributed by atoms with Crippen LogP contribution in [0.2, 0.25) is 27.1 Å². The van der Waals surface area contributed by atoms with E-state index in [1.807, 2.05) is 30.3 Å². The van der Waals surface area contributed by atoms with Crippen molar-refractivity contribution in [1.29, 1.82) is 0 Å². The molecule has 4 amide bonds. The van der Waals surface area contributed by atoms with Gasteiger partial charge in [-0.1, -0.05) is 70.7 Å². The third-order valence-electron chi connectivity index (χ3n) is 10.5. The number of alkyl carbamates (subject to hydrolysis) is 1. The number of carbonyl (C=O) groups is 6. The lowest BCUT2D eigenvalue weighted by Crippen LogP contribution is -2.51. The molecule has 0 spiro atoms. The van der Waals surface area contributed by atoms with Crippen LogP contribution < -0.4 is 15.9 Å². The minimum Gasteiger partial charge on any atom is -0.460 e. The van der Waals surface area contributed by atoms with E-state index in [1.54, 1.807) is 79.1 Å². The summed E-state index contributed by atoms with van der Waals surface area (Å²) >= 11 is 0. The van der Waals surface area contributed by atoms with Gasteiger partial charge in [0.15, 0.2) is 1.41 Å². The molecule has 72 heavy (non-hydrogen) atoms. The van der Waals surface area contributed by atoms with Gasteiger partial charge >= 0.3 is 18.0 Å². The van der Waals surface area contributed by atoms with Gasteiger partial charge < -0.3 is 39.6 Å². The predicted molar refractivity (Wildman–Crippen MR) is 272 cm³/mol. The molecule has 1 aromatic heterocycles. The largest absolute Gasteiger partial charge is 0.460 e. The molecule has 2 aromatic carbocycles. The Kier molecular flexibility index (Phi) is 21.1. The molecule has 0 aliphatic carbocycles. The molecule has 0 saturated heterocycles. The van der Waals surface area contributed by atoms with Crippen molar-refractivity contribution in [3.8, 4) is 11.1 Å². The van der Waals surface area contributed by atoms with Crippen molar-refractivity contribution in [2.75, 3.05) is 32.6 Å². The Hall–Kier alpha value is -5.67. The number of halogens is 2. The minimum atomic E-state index is -4.17. The van der Waals surface area contributed by atoms with Crippen molar-refractivity contribution in [2.24, 2.45) is 5.41 Å². The summed E-state index contributed by atoms with van der Waals surface area (Å²) in [6, 6.07) is 10.5.